The number of hydrogen-bond donors (Lipinski definition) is 0. The van der Waals surface area contributed by atoms with Crippen LogP contribution in [0.5, 0.6) is 0 Å². The van der Waals surface area contributed by atoms with Crippen molar-refractivity contribution in [3.05, 3.63) is 47.6 Å². The van der Waals surface area contributed by atoms with Gasteiger partial charge >= 0.3 is 0 Å². The van der Waals surface area contributed by atoms with E-state index in [1.54, 1.807) is 6.08 Å². The topological polar surface area (TPSA) is 34.1 Å². The Labute approximate surface area is 115 Å². The first-order chi connectivity index (χ1) is 8.68. The van der Waals surface area contributed by atoms with E-state index in [0.29, 0.717) is 29.6 Å². The summed E-state index contributed by atoms with van der Waals surface area (Å²) in [5.41, 5.74) is 2.29. The molecule has 1 aliphatic rings. The number of allylic oxidation sites excluding steroid dienone is 6. The first kappa shape index (κ1) is 15.4. The second-order valence-electron chi connectivity index (χ2n) is 6.09. The van der Waals surface area contributed by atoms with Crippen LogP contribution in [0.3, 0.4) is 0 Å². The van der Waals surface area contributed by atoms with Crippen molar-refractivity contribution in [3.8, 4) is 0 Å². The largest absolute Gasteiger partial charge is 0.290 e. The zero-order valence-electron chi connectivity index (χ0n) is 12.3. The summed E-state index contributed by atoms with van der Waals surface area (Å²) >= 11 is 0. The van der Waals surface area contributed by atoms with Crippen LogP contribution in [0.1, 0.15) is 40.5 Å². The highest BCUT2D eigenvalue weighted by molar-refractivity contribution is 6.23. The molecule has 0 N–H and O–H groups in total. The van der Waals surface area contributed by atoms with Crippen LogP contribution in [-0.4, -0.2) is 11.6 Å². The Hall–Kier alpha value is -1.70. The molecule has 0 bridgehead atoms. The lowest BCUT2D eigenvalue weighted by Gasteiger charge is -2.27. The average molecular weight is 258 g/mol. The molecule has 0 saturated heterocycles. The normalized spacial score (nSPS) is 16.5. The lowest BCUT2D eigenvalue weighted by atomic mass is 9.74. The van der Waals surface area contributed by atoms with Crippen LogP contribution in [0.2, 0.25) is 0 Å². The van der Waals surface area contributed by atoms with Crippen LogP contribution in [0.25, 0.3) is 0 Å². The highest BCUT2D eigenvalue weighted by Gasteiger charge is 2.33. The monoisotopic (exact) mass is 258 g/mol. The maximum absolute atomic E-state index is 12.5. The molecule has 0 spiro atoms. The highest BCUT2D eigenvalue weighted by Crippen LogP contribution is 2.36. The molecule has 0 heterocycles. The van der Waals surface area contributed by atoms with Gasteiger partial charge in [0.2, 0.25) is 0 Å². The number of carbonyl (C=O) groups is 2. The van der Waals surface area contributed by atoms with Crippen LogP contribution in [0.4, 0.5) is 0 Å². The Balaban J connectivity index is 3.33. The molecular weight excluding hydrogens is 236 g/mol. The van der Waals surface area contributed by atoms with Crippen molar-refractivity contribution < 1.29 is 9.59 Å². The van der Waals surface area contributed by atoms with Gasteiger partial charge in [-0.15, -0.1) is 6.58 Å². The molecule has 1 rings (SSSR count). The van der Waals surface area contributed by atoms with Gasteiger partial charge in [0, 0.05) is 16.7 Å². The van der Waals surface area contributed by atoms with Crippen molar-refractivity contribution in [2.24, 2.45) is 5.41 Å². The number of rotatable bonds is 4. The Kier molecular flexibility index (Phi) is 4.46. The number of ketones is 2. The fourth-order valence-corrected chi connectivity index (χ4v) is 2.37. The van der Waals surface area contributed by atoms with Crippen molar-refractivity contribution in [3.63, 3.8) is 0 Å². The minimum Gasteiger partial charge on any atom is -0.290 e. The minimum atomic E-state index is -0.337. The van der Waals surface area contributed by atoms with Crippen LogP contribution in [-0.2, 0) is 9.59 Å². The fraction of sp³-hybridized carbons (Fsp3) is 0.412. The third kappa shape index (κ3) is 3.40. The van der Waals surface area contributed by atoms with E-state index >= 15 is 0 Å². The molecule has 1 aliphatic carbocycles. The molecule has 0 radical (unpaired) electrons. The lowest BCUT2D eigenvalue weighted by Crippen LogP contribution is -2.27. The van der Waals surface area contributed by atoms with Gasteiger partial charge in [0.25, 0.3) is 0 Å². The van der Waals surface area contributed by atoms with Gasteiger partial charge < -0.3 is 0 Å². The Morgan fingerprint density at radius 1 is 1.32 bits per heavy atom. The molecule has 0 aliphatic heterocycles. The number of Topliss-reactive ketones (excluding diaryl/α,β-unsaturated/α-hetero) is 1. The van der Waals surface area contributed by atoms with E-state index in [1.165, 1.54) is 6.08 Å². The standard InChI is InChI=1S/C17H22O2/c1-7-8-13-15(17(4,5)6)14(18)10-12(16(13)19)9-11(2)3/h7,10H,1-2,8-9H2,3-6H3. The molecular formula is C17H22O2. The fourth-order valence-electron chi connectivity index (χ4n) is 2.37. The molecule has 0 aromatic heterocycles. The minimum absolute atomic E-state index is 0.0348. The van der Waals surface area contributed by atoms with Gasteiger partial charge in [0.1, 0.15) is 0 Å². The zero-order valence-corrected chi connectivity index (χ0v) is 12.3. The van der Waals surface area contributed by atoms with Crippen LogP contribution < -0.4 is 0 Å². The maximum Gasteiger partial charge on any atom is 0.186 e. The summed E-state index contributed by atoms with van der Waals surface area (Å²) in [6.07, 6.45) is 4.05. The van der Waals surface area contributed by atoms with Crippen molar-refractivity contribution in [2.45, 2.75) is 40.5 Å². The summed E-state index contributed by atoms with van der Waals surface area (Å²) in [6, 6.07) is 0. The molecule has 0 unspecified atom stereocenters. The Morgan fingerprint density at radius 3 is 2.32 bits per heavy atom. The summed E-state index contributed by atoms with van der Waals surface area (Å²) in [6.45, 7) is 15.2. The van der Waals surface area contributed by atoms with E-state index in [2.05, 4.69) is 13.2 Å². The molecule has 0 fully saturated rings. The van der Waals surface area contributed by atoms with Gasteiger partial charge in [-0.25, -0.2) is 0 Å². The molecule has 0 atom stereocenters. The Bertz CT molecular complexity index is 508. The predicted octanol–water partition coefficient (Wildman–Crippen LogP) is 3.95. The molecule has 19 heavy (non-hydrogen) atoms. The quantitative estimate of drug-likeness (QED) is 0.565. The summed E-state index contributed by atoms with van der Waals surface area (Å²) in [7, 11) is 0. The van der Waals surface area contributed by atoms with Crippen LogP contribution in [0.15, 0.2) is 47.6 Å². The van der Waals surface area contributed by atoms with Gasteiger partial charge in [0.15, 0.2) is 11.6 Å². The zero-order chi connectivity index (χ0) is 14.8. The number of carbonyl (C=O) groups excluding carboxylic acids is 2. The molecule has 0 aromatic carbocycles. The highest BCUT2D eigenvalue weighted by atomic mass is 16.1. The molecule has 2 nitrogen and oxygen atoms in total. The summed E-state index contributed by atoms with van der Waals surface area (Å²) < 4.78 is 0. The Morgan fingerprint density at radius 2 is 1.89 bits per heavy atom. The van der Waals surface area contributed by atoms with Crippen molar-refractivity contribution in [2.75, 3.05) is 0 Å². The molecule has 0 aromatic rings. The van der Waals surface area contributed by atoms with Gasteiger partial charge in [-0.05, 0) is 31.3 Å². The molecule has 0 saturated carbocycles. The second-order valence-corrected chi connectivity index (χ2v) is 6.09. The van der Waals surface area contributed by atoms with E-state index in [4.69, 9.17) is 0 Å². The SMILES string of the molecule is C=CCC1=C(C(C)(C)C)C(=O)C=C(CC(=C)C)C1=O. The van der Waals surface area contributed by atoms with E-state index in [-0.39, 0.29) is 17.0 Å². The van der Waals surface area contributed by atoms with Gasteiger partial charge in [0.05, 0.1) is 0 Å². The first-order valence-corrected chi connectivity index (χ1v) is 6.47. The van der Waals surface area contributed by atoms with E-state index in [0.717, 1.165) is 5.57 Å². The third-order valence-corrected chi connectivity index (χ3v) is 3.01. The van der Waals surface area contributed by atoms with E-state index < -0.39 is 0 Å². The van der Waals surface area contributed by atoms with Crippen molar-refractivity contribution >= 4 is 11.6 Å². The third-order valence-electron chi connectivity index (χ3n) is 3.01. The van der Waals surface area contributed by atoms with E-state index in [9.17, 15) is 9.59 Å². The second kappa shape index (κ2) is 5.52. The van der Waals surface area contributed by atoms with Gasteiger partial charge in [-0.3, -0.25) is 9.59 Å². The molecule has 2 heteroatoms. The molecule has 0 amide bonds. The summed E-state index contributed by atoms with van der Waals surface area (Å²) in [5.74, 6) is -0.0902. The van der Waals surface area contributed by atoms with Gasteiger partial charge in [-0.1, -0.05) is 39.0 Å². The maximum atomic E-state index is 12.5. The van der Waals surface area contributed by atoms with Crippen molar-refractivity contribution in [1.82, 2.24) is 0 Å². The molecule has 102 valence electrons. The average Bonchev–Trinajstić information content (AvgIpc) is 2.22. The van der Waals surface area contributed by atoms with Crippen LogP contribution in [0, 0.1) is 5.41 Å². The first-order valence-electron chi connectivity index (χ1n) is 6.47. The van der Waals surface area contributed by atoms with Gasteiger partial charge in [-0.2, -0.15) is 0 Å². The summed E-state index contributed by atoms with van der Waals surface area (Å²) in [4.78, 5) is 24.8. The van der Waals surface area contributed by atoms with E-state index in [1.807, 2.05) is 27.7 Å². The van der Waals surface area contributed by atoms with Crippen LogP contribution >= 0.6 is 0 Å². The number of hydrogen-bond acceptors (Lipinski definition) is 2. The summed E-state index contributed by atoms with van der Waals surface area (Å²) in [5, 5.41) is 0. The lowest BCUT2D eigenvalue weighted by molar-refractivity contribution is -0.116. The van der Waals surface area contributed by atoms with Crippen molar-refractivity contribution in [1.29, 1.82) is 0 Å². The smallest absolute Gasteiger partial charge is 0.186 e. The predicted molar refractivity (Wildman–Crippen MR) is 78.8 cm³/mol.